The van der Waals surface area contributed by atoms with Crippen molar-refractivity contribution in [2.45, 2.75) is 37.5 Å². The van der Waals surface area contributed by atoms with Gasteiger partial charge in [0.15, 0.2) is 17.5 Å². The van der Waals surface area contributed by atoms with E-state index in [2.05, 4.69) is 48.5 Å². The lowest BCUT2D eigenvalue weighted by Crippen LogP contribution is -2.28. The van der Waals surface area contributed by atoms with Crippen molar-refractivity contribution in [2.75, 3.05) is 0 Å². The second-order valence-corrected chi connectivity index (χ2v) is 11.7. The maximum Gasteiger partial charge on any atom is 0.182 e. The molecule has 2 heterocycles. The zero-order chi connectivity index (χ0) is 29.5. The Balaban J connectivity index is 1.24. The summed E-state index contributed by atoms with van der Waals surface area (Å²) in [5, 5.41) is 9.68. The van der Waals surface area contributed by atoms with Crippen LogP contribution >= 0.6 is 0 Å². The number of aromatic nitrogens is 4. The summed E-state index contributed by atoms with van der Waals surface area (Å²) in [4.78, 5) is 19.3. The van der Waals surface area contributed by atoms with Gasteiger partial charge in [-0.3, -0.25) is 4.98 Å². The molecule has 6 aromatic rings. The molecule has 1 spiro atoms. The van der Waals surface area contributed by atoms with Gasteiger partial charge in [-0.25, -0.2) is 15.0 Å². The minimum atomic E-state index is -0.0367. The molecule has 210 valence electrons. The second-order valence-electron chi connectivity index (χ2n) is 11.7. The first-order valence-corrected chi connectivity index (χ1v) is 15.3. The third kappa shape index (κ3) is 4.39. The van der Waals surface area contributed by atoms with E-state index in [0.717, 1.165) is 40.7 Å². The molecule has 0 saturated heterocycles. The Hall–Kier alpha value is -5.47. The van der Waals surface area contributed by atoms with Crippen LogP contribution < -0.4 is 0 Å². The molecule has 2 aromatic heterocycles. The summed E-state index contributed by atoms with van der Waals surface area (Å²) < 4.78 is 0. The van der Waals surface area contributed by atoms with Gasteiger partial charge >= 0.3 is 0 Å². The van der Waals surface area contributed by atoms with Crippen LogP contribution in [-0.4, -0.2) is 19.9 Å². The Morgan fingerprint density at radius 3 is 1.80 bits per heavy atom. The molecule has 44 heavy (non-hydrogen) atoms. The van der Waals surface area contributed by atoms with Crippen LogP contribution in [0.4, 0.5) is 0 Å². The number of benzene rings is 4. The first kappa shape index (κ1) is 26.2. The minimum absolute atomic E-state index is 0.0367. The van der Waals surface area contributed by atoms with Crippen LogP contribution in [0, 0.1) is 11.3 Å². The maximum atomic E-state index is 9.68. The van der Waals surface area contributed by atoms with Crippen LogP contribution in [0.15, 0.2) is 115 Å². The SMILES string of the molecule is N#Cc1ccc2c(c1)C1(CCCCC1)c1cc(-c3ccnc(-c4nc(-c5ccccc5)nc(-c5ccccc5)n4)c3)ccc1-2. The van der Waals surface area contributed by atoms with Crippen LogP contribution in [-0.2, 0) is 5.41 Å². The van der Waals surface area contributed by atoms with Gasteiger partial charge in [0.1, 0.15) is 5.69 Å². The Bertz CT molecular complexity index is 2000. The van der Waals surface area contributed by atoms with Crippen LogP contribution in [0.2, 0.25) is 0 Å². The average Bonchev–Trinajstić information content (AvgIpc) is 3.36. The molecule has 2 aliphatic rings. The Morgan fingerprint density at radius 2 is 1.14 bits per heavy atom. The fraction of sp³-hybridized carbons (Fsp3) is 0.154. The van der Waals surface area contributed by atoms with Crippen LogP contribution in [0.1, 0.15) is 48.8 Å². The van der Waals surface area contributed by atoms with E-state index in [4.69, 9.17) is 19.9 Å². The molecule has 5 heteroatoms. The van der Waals surface area contributed by atoms with E-state index in [1.54, 1.807) is 0 Å². The summed E-state index contributed by atoms with van der Waals surface area (Å²) in [7, 11) is 0. The standard InChI is InChI=1S/C39H29N5/c40-25-26-14-16-31-32-17-15-29(23-34(32)39(33(31)22-26)19-8-3-9-20-39)30-18-21-41-35(24-30)38-43-36(27-10-4-1-5-11-27)42-37(44-38)28-12-6-2-7-13-28/h1-2,4-7,10-18,21-24H,3,8-9,19-20H2. The topological polar surface area (TPSA) is 75.3 Å². The van der Waals surface area contributed by atoms with E-state index in [-0.39, 0.29) is 5.41 Å². The number of hydrogen-bond acceptors (Lipinski definition) is 5. The summed E-state index contributed by atoms with van der Waals surface area (Å²) in [6, 6.07) is 39.6. The smallest absolute Gasteiger partial charge is 0.182 e. The van der Waals surface area contributed by atoms with Crippen molar-refractivity contribution in [1.82, 2.24) is 19.9 Å². The molecule has 1 fully saturated rings. The fourth-order valence-electron chi connectivity index (χ4n) is 7.09. The van der Waals surface area contributed by atoms with E-state index >= 15 is 0 Å². The van der Waals surface area contributed by atoms with Crippen molar-refractivity contribution in [3.63, 3.8) is 0 Å². The molecule has 0 N–H and O–H groups in total. The van der Waals surface area contributed by atoms with E-state index in [0.29, 0.717) is 23.2 Å². The molecule has 0 aliphatic heterocycles. The van der Waals surface area contributed by atoms with Crippen molar-refractivity contribution in [3.05, 3.63) is 132 Å². The summed E-state index contributed by atoms with van der Waals surface area (Å²) in [6.07, 6.45) is 7.74. The van der Waals surface area contributed by atoms with Gasteiger partial charge in [-0.05, 0) is 76.6 Å². The highest BCUT2D eigenvalue weighted by molar-refractivity contribution is 5.85. The van der Waals surface area contributed by atoms with Crippen molar-refractivity contribution < 1.29 is 0 Å². The third-order valence-electron chi connectivity index (χ3n) is 9.22. The van der Waals surface area contributed by atoms with Crippen molar-refractivity contribution in [1.29, 1.82) is 5.26 Å². The van der Waals surface area contributed by atoms with Gasteiger partial charge in [0, 0.05) is 22.7 Å². The molecule has 8 rings (SSSR count). The van der Waals surface area contributed by atoms with Crippen molar-refractivity contribution in [2.24, 2.45) is 0 Å². The third-order valence-corrected chi connectivity index (χ3v) is 9.22. The van der Waals surface area contributed by atoms with E-state index < -0.39 is 0 Å². The Morgan fingerprint density at radius 1 is 0.545 bits per heavy atom. The van der Waals surface area contributed by atoms with Crippen molar-refractivity contribution >= 4 is 0 Å². The molecule has 0 amide bonds. The highest BCUT2D eigenvalue weighted by Gasteiger charge is 2.44. The largest absolute Gasteiger partial charge is 0.253 e. The Kier molecular flexibility index (Phi) is 6.34. The zero-order valence-corrected chi connectivity index (χ0v) is 24.2. The predicted octanol–water partition coefficient (Wildman–Crippen LogP) is 9.04. The number of rotatable bonds is 4. The summed E-state index contributed by atoms with van der Waals surface area (Å²) in [5.41, 5.74) is 10.8. The van der Waals surface area contributed by atoms with Gasteiger partial charge in [0.25, 0.3) is 0 Å². The average molecular weight is 568 g/mol. The van der Waals surface area contributed by atoms with Gasteiger partial charge in [-0.2, -0.15) is 5.26 Å². The van der Waals surface area contributed by atoms with E-state index in [1.807, 2.05) is 72.9 Å². The lowest BCUT2D eigenvalue weighted by Gasteiger charge is -2.36. The van der Waals surface area contributed by atoms with Gasteiger partial charge in [0.05, 0.1) is 11.6 Å². The minimum Gasteiger partial charge on any atom is -0.253 e. The molecule has 0 radical (unpaired) electrons. The summed E-state index contributed by atoms with van der Waals surface area (Å²) in [6.45, 7) is 0. The molecule has 4 aromatic carbocycles. The van der Waals surface area contributed by atoms with Gasteiger partial charge in [0.2, 0.25) is 0 Å². The van der Waals surface area contributed by atoms with Crippen LogP contribution in [0.3, 0.4) is 0 Å². The lowest BCUT2D eigenvalue weighted by atomic mass is 9.67. The molecular formula is C39H29N5. The first-order chi connectivity index (χ1) is 21.7. The van der Waals surface area contributed by atoms with Gasteiger partial charge in [-0.1, -0.05) is 98.1 Å². The number of hydrogen-bond donors (Lipinski definition) is 0. The predicted molar refractivity (Wildman–Crippen MR) is 173 cm³/mol. The number of nitriles is 1. The van der Waals surface area contributed by atoms with Crippen molar-refractivity contribution in [3.8, 4) is 62.6 Å². The molecule has 0 unspecified atom stereocenters. The quantitative estimate of drug-likeness (QED) is 0.212. The molecular weight excluding hydrogens is 538 g/mol. The van der Waals surface area contributed by atoms with Crippen LogP contribution in [0.25, 0.3) is 56.5 Å². The maximum absolute atomic E-state index is 9.68. The fourth-order valence-corrected chi connectivity index (χ4v) is 7.09. The van der Waals surface area contributed by atoms with E-state index in [9.17, 15) is 5.26 Å². The van der Waals surface area contributed by atoms with Gasteiger partial charge in [-0.15, -0.1) is 0 Å². The Labute approximate surface area is 257 Å². The zero-order valence-electron chi connectivity index (χ0n) is 24.2. The number of nitrogens with zero attached hydrogens (tertiary/aromatic N) is 5. The van der Waals surface area contributed by atoms with E-state index in [1.165, 1.54) is 41.5 Å². The monoisotopic (exact) mass is 567 g/mol. The highest BCUT2D eigenvalue weighted by atomic mass is 15.0. The molecule has 0 bridgehead atoms. The van der Waals surface area contributed by atoms with Crippen LogP contribution in [0.5, 0.6) is 0 Å². The first-order valence-electron chi connectivity index (χ1n) is 15.3. The number of pyridine rings is 1. The van der Waals surface area contributed by atoms with Gasteiger partial charge < -0.3 is 0 Å². The lowest BCUT2D eigenvalue weighted by molar-refractivity contribution is 0.353. The highest BCUT2D eigenvalue weighted by Crippen LogP contribution is 2.56. The summed E-state index contributed by atoms with van der Waals surface area (Å²) in [5.74, 6) is 1.78. The number of fused-ring (bicyclic) bond motifs is 5. The normalized spacial score (nSPS) is 14.5. The molecule has 1 saturated carbocycles. The molecule has 5 nitrogen and oxygen atoms in total. The summed E-state index contributed by atoms with van der Waals surface area (Å²) >= 11 is 0. The second kappa shape index (κ2) is 10.7. The molecule has 2 aliphatic carbocycles. The molecule has 0 atom stereocenters.